The Kier molecular flexibility index (Phi) is 4.61. The fourth-order valence-corrected chi connectivity index (χ4v) is 3.29. The van der Waals surface area contributed by atoms with Gasteiger partial charge in [-0.2, -0.15) is 9.49 Å². The number of nitro benzene ring substituents is 1. The van der Waals surface area contributed by atoms with E-state index in [2.05, 4.69) is 5.10 Å². The van der Waals surface area contributed by atoms with Gasteiger partial charge < -0.3 is 0 Å². The maximum Gasteiger partial charge on any atom is 0.304 e. The zero-order valence-electron chi connectivity index (χ0n) is 12.8. The number of aromatic nitrogens is 2. The summed E-state index contributed by atoms with van der Waals surface area (Å²) in [6, 6.07) is 15.7. The zero-order chi connectivity index (χ0) is 17.1. The van der Waals surface area contributed by atoms with Crippen molar-refractivity contribution in [2.75, 3.05) is 0 Å². The summed E-state index contributed by atoms with van der Waals surface area (Å²) in [6.07, 6.45) is 0. The average Bonchev–Trinajstić information content (AvgIpc) is 2.94. The molecule has 0 aliphatic rings. The summed E-state index contributed by atoms with van der Waals surface area (Å²) in [5.74, 6) is -0.321. The maximum absolute atomic E-state index is 13.7. The quantitative estimate of drug-likeness (QED) is 0.388. The van der Waals surface area contributed by atoms with Crippen LogP contribution in [0.5, 0.6) is 0 Å². The number of hydrogen-bond acceptors (Lipinski definition) is 4. The van der Waals surface area contributed by atoms with Crippen molar-refractivity contribution in [1.82, 2.24) is 9.78 Å². The summed E-state index contributed by atoms with van der Waals surface area (Å²) in [6.45, 7) is 1.91. The molecule has 7 heteroatoms. The van der Waals surface area contributed by atoms with E-state index in [9.17, 15) is 14.5 Å². The second kappa shape index (κ2) is 6.84. The molecule has 0 saturated heterocycles. The standard InChI is InChI=1S/C17H14FN3O2S/c1-12-9-17(20(19-12)14-5-3-2-4-6-14)24-11-13-7-8-16(21(22)23)15(18)10-13/h2-10H,11H2,1H3. The smallest absolute Gasteiger partial charge is 0.258 e. The first-order valence-corrected chi connectivity index (χ1v) is 8.21. The lowest BCUT2D eigenvalue weighted by atomic mass is 10.2. The Morgan fingerprint density at radius 2 is 1.96 bits per heavy atom. The van der Waals surface area contributed by atoms with E-state index in [1.54, 1.807) is 6.07 Å². The number of nitro groups is 1. The Bertz CT molecular complexity index is 881. The number of nitrogens with zero attached hydrogens (tertiary/aromatic N) is 3. The van der Waals surface area contributed by atoms with Crippen molar-refractivity contribution in [3.05, 3.63) is 81.8 Å². The van der Waals surface area contributed by atoms with Crippen LogP contribution in [-0.2, 0) is 5.75 Å². The van der Waals surface area contributed by atoms with Crippen LogP contribution in [0.15, 0.2) is 59.6 Å². The van der Waals surface area contributed by atoms with Crippen molar-refractivity contribution in [2.24, 2.45) is 0 Å². The minimum atomic E-state index is -0.814. The molecule has 0 radical (unpaired) electrons. The van der Waals surface area contributed by atoms with E-state index in [0.29, 0.717) is 11.3 Å². The van der Waals surface area contributed by atoms with Gasteiger partial charge in [-0.3, -0.25) is 10.1 Å². The molecular formula is C17H14FN3O2S. The van der Waals surface area contributed by atoms with Crippen LogP contribution in [0, 0.1) is 22.9 Å². The second-order valence-corrected chi connectivity index (χ2v) is 6.20. The first kappa shape index (κ1) is 16.2. The first-order valence-electron chi connectivity index (χ1n) is 7.22. The van der Waals surface area contributed by atoms with Crippen LogP contribution in [-0.4, -0.2) is 14.7 Å². The normalized spacial score (nSPS) is 10.8. The number of aryl methyl sites for hydroxylation is 1. The zero-order valence-corrected chi connectivity index (χ0v) is 13.7. The number of benzene rings is 2. The minimum absolute atomic E-state index is 0.493. The number of thioether (sulfide) groups is 1. The van der Waals surface area contributed by atoms with Crippen LogP contribution in [0.1, 0.15) is 11.3 Å². The molecule has 0 fully saturated rings. The highest BCUT2D eigenvalue weighted by atomic mass is 32.2. The minimum Gasteiger partial charge on any atom is -0.258 e. The van der Waals surface area contributed by atoms with Crippen molar-refractivity contribution in [3.8, 4) is 5.69 Å². The second-order valence-electron chi connectivity index (χ2n) is 5.20. The van der Waals surface area contributed by atoms with Crippen molar-refractivity contribution in [2.45, 2.75) is 17.7 Å². The largest absolute Gasteiger partial charge is 0.304 e. The number of rotatable bonds is 5. The van der Waals surface area contributed by atoms with Gasteiger partial charge in [-0.1, -0.05) is 24.3 Å². The number of hydrogen-bond donors (Lipinski definition) is 0. The molecule has 122 valence electrons. The molecule has 0 aliphatic heterocycles. The van der Waals surface area contributed by atoms with Crippen LogP contribution in [0.3, 0.4) is 0 Å². The topological polar surface area (TPSA) is 61.0 Å². The summed E-state index contributed by atoms with van der Waals surface area (Å²) < 4.78 is 15.5. The molecule has 1 heterocycles. The van der Waals surface area contributed by atoms with Crippen LogP contribution < -0.4 is 0 Å². The van der Waals surface area contributed by atoms with Gasteiger partial charge in [0.25, 0.3) is 0 Å². The van der Waals surface area contributed by atoms with Gasteiger partial charge in [0.15, 0.2) is 0 Å². The third kappa shape index (κ3) is 3.46. The molecule has 0 amide bonds. The molecule has 24 heavy (non-hydrogen) atoms. The molecule has 1 aromatic heterocycles. The first-order chi connectivity index (χ1) is 11.5. The van der Waals surface area contributed by atoms with Crippen molar-refractivity contribution >= 4 is 17.4 Å². The Labute approximate surface area is 142 Å². The summed E-state index contributed by atoms with van der Waals surface area (Å²) in [7, 11) is 0. The van der Waals surface area contributed by atoms with Crippen molar-refractivity contribution < 1.29 is 9.31 Å². The van der Waals surface area contributed by atoms with Gasteiger partial charge in [-0.15, -0.1) is 11.8 Å². The third-order valence-corrected chi connectivity index (χ3v) is 4.46. The van der Waals surface area contributed by atoms with E-state index in [1.165, 1.54) is 23.9 Å². The van der Waals surface area contributed by atoms with Gasteiger partial charge in [0.05, 0.1) is 16.3 Å². The van der Waals surface area contributed by atoms with E-state index < -0.39 is 16.4 Å². The summed E-state index contributed by atoms with van der Waals surface area (Å²) in [4.78, 5) is 9.94. The van der Waals surface area contributed by atoms with Crippen LogP contribution in [0.2, 0.25) is 0 Å². The predicted octanol–water partition coefficient (Wildman–Crippen LogP) is 4.52. The van der Waals surface area contributed by atoms with Crippen LogP contribution in [0.4, 0.5) is 10.1 Å². The molecule has 0 unspecified atom stereocenters. The molecule has 0 N–H and O–H groups in total. The summed E-state index contributed by atoms with van der Waals surface area (Å²) >= 11 is 1.50. The molecule has 2 aromatic carbocycles. The van der Waals surface area contributed by atoms with E-state index in [4.69, 9.17) is 0 Å². The Balaban J connectivity index is 1.81. The lowest BCUT2D eigenvalue weighted by Crippen LogP contribution is -1.98. The molecule has 5 nitrogen and oxygen atoms in total. The third-order valence-electron chi connectivity index (χ3n) is 3.40. The van der Waals surface area contributed by atoms with Crippen LogP contribution in [0.25, 0.3) is 5.69 Å². The number of halogens is 1. The highest BCUT2D eigenvalue weighted by Gasteiger charge is 2.14. The Morgan fingerprint density at radius 3 is 2.62 bits per heavy atom. The van der Waals surface area contributed by atoms with Crippen molar-refractivity contribution in [1.29, 1.82) is 0 Å². The van der Waals surface area contributed by atoms with Gasteiger partial charge >= 0.3 is 5.69 Å². The Morgan fingerprint density at radius 1 is 1.21 bits per heavy atom. The number of para-hydroxylation sites is 1. The fraction of sp³-hybridized carbons (Fsp3) is 0.118. The molecule has 0 bridgehead atoms. The van der Waals surface area contributed by atoms with Gasteiger partial charge in [0.2, 0.25) is 5.82 Å². The van der Waals surface area contributed by atoms with Gasteiger partial charge in [-0.25, -0.2) is 4.68 Å². The van der Waals surface area contributed by atoms with Crippen molar-refractivity contribution in [3.63, 3.8) is 0 Å². The monoisotopic (exact) mass is 343 g/mol. The highest BCUT2D eigenvalue weighted by molar-refractivity contribution is 7.98. The van der Waals surface area contributed by atoms with E-state index in [1.807, 2.05) is 48.0 Å². The predicted molar refractivity (Wildman–Crippen MR) is 90.9 cm³/mol. The molecule has 0 spiro atoms. The lowest BCUT2D eigenvalue weighted by Gasteiger charge is -2.07. The Hall–Kier alpha value is -2.67. The van der Waals surface area contributed by atoms with Gasteiger partial charge in [-0.05, 0) is 36.8 Å². The van der Waals surface area contributed by atoms with E-state index >= 15 is 0 Å². The SMILES string of the molecule is Cc1cc(SCc2ccc([N+](=O)[O-])c(F)c2)n(-c2ccccc2)n1. The summed E-state index contributed by atoms with van der Waals surface area (Å²) in [5, 5.41) is 16.1. The fourth-order valence-electron chi connectivity index (χ4n) is 2.28. The van der Waals surface area contributed by atoms with Crippen LogP contribution >= 0.6 is 11.8 Å². The molecule has 0 saturated carbocycles. The van der Waals surface area contributed by atoms with E-state index in [0.717, 1.165) is 16.4 Å². The lowest BCUT2D eigenvalue weighted by molar-refractivity contribution is -0.387. The molecular weight excluding hydrogens is 329 g/mol. The highest BCUT2D eigenvalue weighted by Crippen LogP contribution is 2.28. The average molecular weight is 343 g/mol. The van der Waals surface area contributed by atoms with E-state index in [-0.39, 0.29) is 0 Å². The molecule has 0 aliphatic carbocycles. The van der Waals surface area contributed by atoms with Gasteiger partial charge in [0.1, 0.15) is 5.03 Å². The maximum atomic E-state index is 13.7. The van der Waals surface area contributed by atoms with Gasteiger partial charge in [0, 0.05) is 11.8 Å². The molecule has 3 aromatic rings. The molecule has 0 atom stereocenters. The molecule has 3 rings (SSSR count). The summed E-state index contributed by atoms with van der Waals surface area (Å²) in [5.41, 5.74) is 2.01.